The van der Waals surface area contributed by atoms with Crippen molar-refractivity contribution in [2.45, 2.75) is 51.9 Å². The van der Waals surface area contributed by atoms with Gasteiger partial charge in [-0.15, -0.1) is 0 Å². The molecule has 0 amide bonds. The molecule has 1 aromatic heterocycles. The first kappa shape index (κ1) is 20.5. The molecule has 3 saturated heterocycles. The highest BCUT2D eigenvalue weighted by Gasteiger charge is 2.47. The Bertz CT molecular complexity index is 616. The van der Waals surface area contributed by atoms with Gasteiger partial charge in [0, 0.05) is 25.3 Å². The third-order valence-corrected chi connectivity index (χ3v) is 4.98. The molecule has 0 saturated carbocycles. The Labute approximate surface area is 151 Å². The number of fused-ring (bicyclic) bond motifs is 3. The summed E-state index contributed by atoms with van der Waals surface area (Å²) < 4.78 is 33.6. The van der Waals surface area contributed by atoms with Gasteiger partial charge in [-0.1, -0.05) is 20.8 Å². The van der Waals surface area contributed by atoms with E-state index < -0.39 is 12.1 Å². The predicted octanol–water partition coefficient (Wildman–Crippen LogP) is 2.97. The molecule has 0 radical (unpaired) electrons. The molecule has 26 heavy (non-hydrogen) atoms. The van der Waals surface area contributed by atoms with Crippen molar-refractivity contribution in [3.63, 3.8) is 0 Å². The van der Waals surface area contributed by atoms with Crippen LogP contribution in [0.3, 0.4) is 0 Å². The van der Waals surface area contributed by atoms with Gasteiger partial charge in [0.1, 0.15) is 0 Å². The first-order chi connectivity index (χ1) is 11.9. The smallest absolute Gasteiger partial charge is 0.475 e. The molecule has 6 nitrogen and oxygen atoms in total. The molecule has 4 rings (SSSR count). The van der Waals surface area contributed by atoms with Gasteiger partial charge in [-0.3, -0.25) is 9.58 Å². The number of piperidine rings is 3. The highest BCUT2D eigenvalue weighted by Crippen LogP contribution is 2.41. The van der Waals surface area contributed by atoms with Gasteiger partial charge in [0.25, 0.3) is 0 Å². The Morgan fingerprint density at radius 3 is 2.19 bits per heavy atom. The van der Waals surface area contributed by atoms with Gasteiger partial charge in [0.15, 0.2) is 0 Å². The molecule has 2 N–H and O–H groups in total. The second-order valence-electron chi connectivity index (χ2n) is 8.06. The average Bonchev–Trinajstić information content (AvgIpc) is 2.92. The minimum atomic E-state index is -5.08. The summed E-state index contributed by atoms with van der Waals surface area (Å²) in [4.78, 5) is 11.6. The van der Waals surface area contributed by atoms with Crippen LogP contribution in [-0.4, -0.2) is 57.1 Å². The molecule has 0 aromatic carbocycles. The molecule has 2 atom stereocenters. The standard InChI is InChI=1S/C15H26N4.C2HF3O2/c1-15(2,3)14-13(11-5-7-19(14)8-6-11)17-12-9-16-18(4)10-12;3-2(4,5)1(6)7/h9-11,13-14,17H,5-8H2,1-4H3;(H,6,7). The van der Waals surface area contributed by atoms with Gasteiger partial charge < -0.3 is 10.4 Å². The maximum absolute atomic E-state index is 10.6. The zero-order valence-electron chi connectivity index (χ0n) is 15.5. The fraction of sp³-hybridized carbons (Fsp3) is 0.765. The summed E-state index contributed by atoms with van der Waals surface area (Å²) in [5.74, 6) is -1.94. The SMILES string of the molecule is Cn1cc(NC2C3CCN(CC3)C2C(C)(C)C)cn1.O=C(O)C(F)(F)F. The van der Waals surface area contributed by atoms with Gasteiger partial charge >= 0.3 is 12.1 Å². The van der Waals surface area contributed by atoms with Crippen molar-refractivity contribution < 1.29 is 23.1 Å². The van der Waals surface area contributed by atoms with Crippen LogP contribution >= 0.6 is 0 Å². The number of aryl methyl sites for hydroxylation is 1. The number of hydrogen-bond acceptors (Lipinski definition) is 4. The summed E-state index contributed by atoms with van der Waals surface area (Å²) in [7, 11) is 1.98. The Morgan fingerprint density at radius 1 is 1.27 bits per heavy atom. The van der Waals surface area contributed by atoms with E-state index >= 15 is 0 Å². The van der Waals surface area contributed by atoms with Crippen molar-refractivity contribution in [2.24, 2.45) is 18.4 Å². The van der Waals surface area contributed by atoms with Gasteiger partial charge in [0.2, 0.25) is 0 Å². The maximum atomic E-state index is 10.6. The number of carbonyl (C=O) groups is 1. The zero-order chi connectivity index (χ0) is 19.7. The summed E-state index contributed by atoms with van der Waals surface area (Å²) in [5, 5.41) is 15.2. The molecule has 1 aromatic rings. The van der Waals surface area contributed by atoms with E-state index in [4.69, 9.17) is 9.90 Å². The van der Waals surface area contributed by atoms with Crippen LogP contribution in [0.2, 0.25) is 0 Å². The Hall–Kier alpha value is -1.77. The van der Waals surface area contributed by atoms with Crippen molar-refractivity contribution in [3.8, 4) is 0 Å². The third kappa shape index (κ3) is 4.90. The lowest BCUT2D eigenvalue weighted by Gasteiger charge is -2.56. The minimum Gasteiger partial charge on any atom is -0.475 e. The number of carboxylic acids is 1. The minimum absolute atomic E-state index is 0.318. The fourth-order valence-corrected chi connectivity index (χ4v) is 4.01. The molecule has 3 aliphatic rings. The van der Waals surface area contributed by atoms with Crippen molar-refractivity contribution in [1.29, 1.82) is 0 Å². The molecule has 148 valence electrons. The Morgan fingerprint density at radius 2 is 1.81 bits per heavy atom. The predicted molar refractivity (Wildman–Crippen MR) is 91.8 cm³/mol. The normalized spacial score (nSPS) is 28.3. The molecule has 2 unspecified atom stereocenters. The van der Waals surface area contributed by atoms with Crippen LogP contribution in [0.1, 0.15) is 33.6 Å². The van der Waals surface area contributed by atoms with Gasteiger partial charge in [0.05, 0.1) is 11.9 Å². The zero-order valence-corrected chi connectivity index (χ0v) is 15.5. The Kier molecular flexibility index (Phi) is 5.89. The molecular weight excluding hydrogens is 349 g/mol. The quantitative estimate of drug-likeness (QED) is 0.830. The van der Waals surface area contributed by atoms with Crippen molar-refractivity contribution in [1.82, 2.24) is 14.7 Å². The lowest BCUT2D eigenvalue weighted by atomic mass is 9.69. The van der Waals surface area contributed by atoms with Crippen molar-refractivity contribution in [2.75, 3.05) is 18.4 Å². The van der Waals surface area contributed by atoms with Crippen LogP contribution in [0.15, 0.2) is 12.4 Å². The highest BCUT2D eigenvalue weighted by atomic mass is 19.4. The van der Waals surface area contributed by atoms with Gasteiger partial charge in [-0.2, -0.15) is 18.3 Å². The van der Waals surface area contributed by atoms with E-state index in [-0.39, 0.29) is 0 Å². The Balaban J connectivity index is 0.000000298. The number of rotatable bonds is 2. The van der Waals surface area contributed by atoms with E-state index in [1.165, 1.54) is 25.9 Å². The number of nitrogens with one attached hydrogen (secondary N) is 1. The molecule has 9 heteroatoms. The summed E-state index contributed by atoms with van der Waals surface area (Å²) in [6.07, 6.45) is 1.61. The fourth-order valence-electron chi connectivity index (χ4n) is 4.01. The molecule has 4 heterocycles. The number of aliphatic carboxylic acids is 1. The van der Waals surface area contributed by atoms with Crippen LogP contribution in [0.4, 0.5) is 18.9 Å². The monoisotopic (exact) mass is 376 g/mol. The van der Waals surface area contributed by atoms with Crippen LogP contribution < -0.4 is 5.32 Å². The van der Waals surface area contributed by atoms with Crippen LogP contribution in [-0.2, 0) is 11.8 Å². The third-order valence-electron chi connectivity index (χ3n) is 4.98. The van der Waals surface area contributed by atoms with E-state index in [9.17, 15) is 13.2 Å². The summed E-state index contributed by atoms with van der Waals surface area (Å²) in [6.45, 7) is 9.67. The molecule has 3 fully saturated rings. The summed E-state index contributed by atoms with van der Waals surface area (Å²) in [5.41, 5.74) is 1.48. The van der Waals surface area contributed by atoms with E-state index in [0.29, 0.717) is 17.5 Å². The second-order valence-corrected chi connectivity index (χ2v) is 8.06. The van der Waals surface area contributed by atoms with Crippen molar-refractivity contribution in [3.05, 3.63) is 12.4 Å². The molecular formula is C17H27F3N4O2. The number of alkyl halides is 3. The van der Waals surface area contributed by atoms with Crippen LogP contribution in [0, 0.1) is 11.3 Å². The van der Waals surface area contributed by atoms with E-state index in [1.54, 1.807) is 0 Å². The molecule has 3 aliphatic heterocycles. The molecule has 0 aliphatic carbocycles. The second kappa shape index (κ2) is 7.46. The van der Waals surface area contributed by atoms with Crippen LogP contribution in [0.25, 0.3) is 0 Å². The van der Waals surface area contributed by atoms with E-state index in [1.807, 2.05) is 17.9 Å². The van der Waals surface area contributed by atoms with Crippen LogP contribution in [0.5, 0.6) is 0 Å². The van der Waals surface area contributed by atoms with Gasteiger partial charge in [-0.05, 0) is 37.3 Å². The maximum Gasteiger partial charge on any atom is 0.490 e. The number of hydrogen-bond donors (Lipinski definition) is 2. The van der Waals surface area contributed by atoms with Gasteiger partial charge in [-0.25, -0.2) is 4.79 Å². The summed E-state index contributed by atoms with van der Waals surface area (Å²) >= 11 is 0. The topological polar surface area (TPSA) is 70.4 Å². The van der Waals surface area contributed by atoms with E-state index in [0.717, 1.165) is 11.6 Å². The summed E-state index contributed by atoms with van der Waals surface area (Å²) in [6, 6.07) is 1.19. The first-order valence-corrected chi connectivity index (χ1v) is 8.69. The molecule has 2 bridgehead atoms. The number of nitrogens with zero attached hydrogens (tertiary/aromatic N) is 3. The number of carboxylic acid groups (broad SMARTS) is 1. The van der Waals surface area contributed by atoms with E-state index in [2.05, 4.69) is 42.3 Å². The van der Waals surface area contributed by atoms with Crippen molar-refractivity contribution >= 4 is 11.7 Å². The lowest BCUT2D eigenvalue weighted by molar-refractivity contribution is -0.192. The number of halogens is 3. The highest BCUT2D eigenvalue weighted by molar-refractivity contribution is 5.73. The molecule has 0 spiro atoms. The number of anilines is 1. The largest absolute Gasteiger partial charge is 0.490 e. The number of aromatic nitrogens is 2. The average molecular weight is 376 g/mol. The first-order valence-electron chi connectivity index (χ1n) is 8.69. The lowest BCUT2D eigenvalue weighted by Crippen LogP contribution is -2.64.